The van der Waals surface area contributed by atoms with Crippen LogP contribution in [0.5, 0.6) is 0 Å². The second-order valence-corrected chi connectivity index (χ2v) is 7.66. The van der Waals surface area contributed by atoms with Crippen LogP contribution in [-0.2, 0) is 11.0 Å². The predicted molar refractivity (Wildman–Crippen MR) is 90.5 cm³/mol. The van der Waals surface area contributed by atoms with Crippen LogP contribution in [0.15, 0.2) is 41.6 Å². The lowest BCUT2D eigenvalue weighted by Gasteiger charge is -2.38. The van der Waals surface area contributed by atoms with Gasteiger partial charge in [0.1, 0.15) is 5.69 Å². The van der Waals surface area contributed by atoms with Gasteiger partial charge < -0.3 is 5.32 Å². The number of benzene rings is 1. The van der Waals surface area contributed by atoms with E-state index in [2.05, 4.69) is 15.5 Å². The van der Waals surface area contributed by atoms with E-state index in [9.17, 15) is 18.0 Å². The maximum absolute atomic E-state index is 13.5. The summed E-state index contributed by atoms with van der Waals surface area (Å²) in [6, 6.07) is 8.84. The fraction of sp³-hybridized carbons (Fsp3) is 0.368. The van der Waals surface area contributed by atoms with E-state index in [1.54, 1.807) is 30.3 Å². The van der Waals surface area contributed by atoms with Crippen LogP contribution < -0.4 is 5.32 Å². The fourth-order valence-corrected chi connectivity index (χ4v) is 3.99. The first kappa shape index (κ1) is 16.9. The van der Waals surface area contributed by atoms with Crippen molar-refractivity contribution in [1.82, 2.24) is 10.2 Å². The summed E-state index contributed by atoms with van der Waals surface area (Å²) in [4.78, 5) is 12.9. The lowest BCUT2D eigenvalue weighted by Crippen LogP contribution is -2.34. The Balaban J connectivity index is 1.96. The summed E-state index contributed by atoms with van der Waals surface area (Å²) in [6.07, 6.45) is -3.68. The van der Waals surface area contributed by atoms with Gasteiger partial charge in [0.2, 0.25) is 0 Å². The number of hydrogen-bond donors (Lipinski definition) is 2. The van der Waals surface area contributed by atoms with Gasteiger partial charge in [-0.25, -0.2) is 0 Å². The number of halogens is 3. The van der Waals surface area contributed by atoms with Crippen molar-refractivity contribution >= 4 is 11.6 Å². The third kappa shape index (κ3) is 2.62. The van der Waals surface area contributed by atoms with Crippen molar-refractivity contribution in [2.24, 2.45) is 5.41 Å². The topological polar surface area (TPSA) is 57.8 Å². The summed E-state index contributed by atoms with van der Waals surface area (Å²) in [7, 11) is 0. The number of aromatic nitrogens is 2. The first-order valence-electron chi connectivity index (χ1n) is 8.41. The lowest BCUT2D eigenvalue weighted by molar-refractivity contribution is -0.142. The second kappa shape index (κ2) is 5.46. The Kier molecular flexibility index (Phi) is 3.54. The third-order valence-electron chi connectivity index (χ3n) is 4.99. The van der Waals surface area contributed by atoms with Crippen LogP contribution in [0, 0.1) is 5.41 Å². The zero-order valence-corrected chi connectivity index (χ0v) is 14.4. The molecule has 2 aromatic rings. The normalized spacial score (nSPS) is 21.9. The Hall–Kier alpha value is -2.57. The van der Waals surface area contributed by atoms with E-state index in [1.807, 2.05) is 13.8 Å². The summed E-state index contributed by atoms with van der Waals surface area (Å²) < 4.78 is 40.6. The van der Waals surface area contributed by atoms with Gasteiger partial charge in [0.25, 0.3) is 0 Å². The minimum Gasteiger partial charge on any atom is -0.342 e. The molecule has 0 amide bonds. The molecule has 1 aromatic heterocycles. The molecule has 26 heavy (non-hydrogen) atoms. The van der Waals surface area contributed by atoms with Crippen LogP contribution in [0.25, 0.3) is 0 Å². The second-order valence-electron chi connectivity index (χ2n) is 7.66. The van der Waals surface area contributed by atoms with Crippen LogP contribution in [0.4, 0.5) is 19.0 Å². The minimum atomic E-state index is -4.58. The average Bonchev–Trinajstić information content (AvgIpc) is 2.96. The van der Waals surface area contributed by atoms with Crippen LogP contribution in [0.3, 0.4) is 0 Å². The molecule has 2 aliphatic rings. The molecule has 0 saturated heterocycles. The van der Waals surface area contributed by atoms with Gasteiger partial charge in [0.05, 0.1) is 0 Å². The number of H-pyrrole nitrogens is 1. The first-order valence-corrected chi connectivity index (χ1v) is 8.41. The van der Waals surface area contributed by atoms with Crippen LogP contribution in [0.1, 0.15) is 49.4 Å². The van der Waals surface area contributed by atoms with Crippen molar-refractivity contribution < 1.29 is 18.0 Å². The summed E-state index contributed by atoms with van der Waals surface area (Å²) in [5.74, 6) is -0.741. The van der Waals surface area contributed by atoms with Crippen molar-refractivity contribution in [1.29, 1.82) is 0 Å². The number of carbonyl (C=O) groups excluding carboxylic acids is 1. The maximum atomic E-state index is 13.5. The predicted octanol–water partition coefficient (Wildman–Crippen LogP) is 4.63. The molecular weight excluding hydrogens is 343 g/mol. The van der Waals surface area contributed by atoms with E-state index in [0.29, 0.717) is 29.7 Å². The molecule has 0 unspecified atom stereocenters. The quantitative estimate of drug-likeness (QED) is 0.779. The average molecular weight is 361 g/mol. The van der Waals surface area contributed by atoms with Gasteiger partial charge in [-0.15, -0.1) is 0 Å². The number of alkyl halides is 3. The number of aromatic amines is 1. The fourth-order valence-electron chi connectivity index (χ4n) is 3.99. The lowest BCUT2D eigenvalue weighted by atomic mass is 9.69. The molecule has 1 aliphatic carbocycles. The molecule has 4 rings (SSSR count). The number of nitrogens with zero attached hydrogens (tertiary/aromatic N) is 1. The van der Waals surface area contributed by atoms with Crippen LogP contribution >= 0.6 is 0 Å². The zero-order chi connectivity index (χ0) is 18.7. The number of fused-ring (bicyclic) bond motifs is 1. The van der Waals surface area contributed by atoms with Gasteiger partial charge >= 0.3 is 6.18 Å². The number of Topliss-reactive ketones (excluding diaryl/α,β-unsaturated/α-hetero) is 1. The van der Waals surface area contributed by atoms with Crippen LogP contribution in [-0.4, -0.2) is 16.0 Å². The maximum Gasteiger partial charge on any atom is 0.433 e. The SMILES string of the molecule is CC1(C)CC(=O)C2=C(C1)Nc1n[nH]c(C(F)(F)F)c1[C@H]2c1ccccc1. The molecule has 0 fully saturated rings. The molecule has 0 radical (unpaired) electrons. The minimum absolute atomic E-state index is 0.00416. The molecule has 7 heteroatoms. The molecule has 1 aliphatic heterocycles. The van der Waals surface area contributed by atoms with E-state index in [-0.39, 0.29) is 22.6 Å². The van der Waals surface area contributed by atoms with Gasteiger partial charge in [-0.05, 0) is 17.4 Å². The third-order valence-corrected chi connectivity index (χ3v) is 4.99. The van der Waals surface area contributed by atoms with Crippen molar-refractivity contribution in [3.05, 3.63) is 58.4 Å². The Morgan fingerprint density at radius 2 is 1.85 bits per heavy atom. The Bertz CT molecular complexity index is 910. The highest BCUT2D eigenvalue weighted by molar-refractivity contribution is 6.01. The van der Waals surface area contributed by atoms with Gasteiger partial charge in [-0.2, -0.15) is 18.3 Å². The van der Waals surface area contributed by atoms with E-state index in [4.69, 9.17) is 0 Å². The zero-order valence-electron chi connectivity index (χ0n) is 14.4. The molecule has 0 bridgehead atoms. The molecule has 1 aromatic carbocycles. The molecular formula is C19H18F3N3O. The summed E-state index contributed by atoms with van der Waals surface area (Å²) >= 11 is 0. The largest absolute Gasteiger partial charge is 0.433 e. The standard InChI is InChI=1S/C19H18F3N3O/c1-18(2)8-11-14(12(26)9-18)13(10-6-4-3-5-7-10)15-16(19(20,21)22)24-25-17(15)23-11/h3-7,13H,8-9H2,1-2H3,(H2,23,24,25)/t13-/m0/s1. The van der Waals surface area contributed by atoms with Gasteiger partial charge in [0, 0.05) is 29.2 Å². The number of anilines is 1. The van der Waals surface area contributed by atoms with E-state index < -0.39 is 17.8 Å². The van der Waals surface area contributed by atoms with Crippen molar-refractivity contribution in [3.8, 4) is 0 Å². The summed E-state index contributed by atoms with van der Waals surface area (Å²) in [5.41, 5.74) is 0.601. The van der Waals surface area contributed by atoms with Crippen molar-refractivity contribution in [3.63, 3.8) is 0 Å². The number of nitrogens with one attached hydrogen (secondary N) is 2. The van der Waals surface area contributed by atoms with Gasteiger partial charge in [0.15, 0.2) is 11.6 Å². The Labute approximate surface area is 148 Å². The summed E-state index contributed by atoms with van der Waals surface area (Å²) in [5, 5.41) is 8.98. The number of allylic oxidation sites excluding steroid dienone is 2. The molecule has 0 spiro atoms. The molecule has 2 heterocycles. The molecule has 2 N–H and O–H groups in total. The molecule has 1 atom stereocenters. The number of carbonyl (C=O) groups is 1. The van der Waals surface area contributed by atoms with E-state index >= 15 is 0 Å². The van der Waals surface area contributed by atoms with E-state index in [0.717, 1.165) is 0 Å². The van der Waals surface area contributed by atoms with Crippen molar-refractivity contribution in [2.45, 2.75) is 38.8 Å². The Morgan fingerprint density at radius 1 is 1.15 bits per heavy atom. The smallest absolute Gasteiger partial charge is 0.342 e. The molecule has 4 nitrogen and oxygen atoms in total. The number of rotatable bonds is 1. The Morgan fingerprint density at radius 3 is 2.50 bits per heavy atom. The highest BCUT2D eigenvalue weighted by atomic mass is 19.4. The first-order chi connectivity index (χ1) is 12.2. The van der Waals surface area contributed by atoms with Gasteiger partial charge in [-0.3, -0.25) is 9.89 Å². The number of hydrogen-bond acceptors (Lipinski definition) is 3. The monoisotopic (exact) mass is 361 g/mol. The van der Waals surface area contributed by atoms with Crippen molar-refractivity contribution in [2.75, 3.05) is 5.32 Å². The summed E-state index contributed by atoms with van der Waals surface area (Å²) in [6.45, 7) is 3.96. The van der Waals surface area contributed by atoms with Crippen LogP contribution in [0.2, 0.25) is 0 Å². The molecule has 0 saturated carbocycles. The van der Waals surface area contributed by atoms with E-state index in [1.165, 1.54) is 0 Å². The number of ketones is 1. The molecule has 136 valence electrons. The highest BCUT2D eigenvalue weighted by Crippen LogP contribution is 2.51. The highest BCUT2D eigenvalue weighted by Gasteiger charge is 2.47. The van der Waals surface area contributed by atoms with Gasteiger partial charge in [-0.1, -0.05) is 44.2 Å².